The van der Waals surface area contributed by atoms with Crippen molar-refractivity contribution < 1.29 is 17.6 Å². The second-order valence-corrected chi connectivity index (χ2v) is 9.45. The largest absolute Gasteiger partial charge is 0.468 e. The zero-order chi connectivity index (χ0) is 21.2. The predicted molar refractivity (Wildman–Crippen MR) is 112 cm³/mol. The minimum absolute atomic E-state index is 0.0971. The highest BCUT2D eigenvalue weighted by molar-refractivity contribution is 9.10. The van der Waals surface area contributed by atoms with Gasteiger partial charge in [0, 0.05) is 17.2 Å². The molecule has 0 saturated carbocycles. The molecule has 0 aliphatic rings. The average Bonchev–Trinajstić information content (AvgIpc) is 3.25. The first-order valence-corrected chi connectivity index (χ1v) is 11.0. The van der Waals surface area contributed by atoms with Gasteiger partial charge in [-0.15, -0.1) is 0 Å². The quantitative estimate of drug-likeness (QED) is 0.559. The van der Waals surface area contributed by atoms with Gasteiger partial charge in [-0.05, 0) is 50.2 Å². The third-order valence-corrected chi connectivity index (χ3v) is 6.95. The van der Waals surface area contributed by atoms with E-state index in [9.17, 15) is 13.2 Å². The molecule has 1 N–H and O–H groups in total. The maximum absolute atomic E-state index is 13.0. The van der Waals surface area contributed by atoms with Crippen molar-refractivity contribution in [3.05, 3.63) is 64.3 Å². The van der Waals surface area contributed by atoms with Crippen LogP contribution in [0.2, 0.25) is 0 Å². The number of carbonyl (C=O) groups excluding carboxylic acids is 1. The van der Waals surface area contributed by atoms with Gasteiger partial charge in [0.05, 0.1) is 24.2 Å². The number of sulfonamides is 1. The minimum atomic E-state index is -3.80. The van der Waals surface area contributed by atoms with Gasteiger partial charge in [0.25, 0.3) is 0 Å². The topological polar surface area (TPSA) is 97.4 Å². The first-order chi connectivity index (χ1) is 13.7. The molecule has 0 radical (unpaired) electrons. The predicted octanol–water partition coefficient (Wildman–Crippen LogP) is 3.31. The molecule has 0 aliphatic carbocycles. The number of rotatable bonds is 7. The van der Waals surface area contributed by atoms with Crippen LogP contribution in [-0.2, 0) is 27.9 Å². The summed E-state index contributed by atoms with van der Waals surface area (Å²) in [7, 11) is -2.32. The van der Waals surface area contributed by atoms with Crippen molar-refractivity contribution >= 4 is 37.5 Å². The Hall–Kier alpha value is -2.43. The summed E-state index contributed by atoms with van der Waals surface area (Å²) >= 11 is 3.34. The fourth-order valence-electron chi connectivity index (χ4n) is 2.94. The molecule has 1 aromatic carbocycles. The third kappa shape index (κ3) is 4.77. The number of nitrogens with zero attached hydrogens (tertiary/aromatic N) is 3. The first-order valence-electron chi connectivity index (χ1n) is 8.76. The lowest BCUT2D eigenvalue weighted by molar-refractivity contribution is -0.116. The van der Waals surface area contributed by atoms with Crippen LogP contribution in [-0.4, -0.2) is 35.5 Å². The van der Waals surface area contributed by atoms with Gasteiger partial charge in [-0.3, -0.25) is 9.48 Å². The number of aryl methyl sites for hydroxylation is 1. The molecule has 2 aromatic heterocycles. The zero-order valence-corrected chi connectivity index (χ0v) is 18.6. The molecule has 0 fully saturated rings. The fourth-order valence-corrected chi connectivity index (χ4v) is 4.71. The lowest BCUT2D eigenvalue weighted by Gasteiger charge is -2.16. The van der Waals surface area contributed by atoms with E-state index in [1.54, 1.807) is 38.1 Å². The number of furan rings is 1. The van der Waals surface area contributed by atoms with Gasteiger partial charge < -0.3 is 9.73 Å². The summed E-state index contributed by atoms with van der Waals surface area (Å²) < 4.78 is 34.8. The second kappa shape index (κ2) is 8.52. The van der Waals surface area contributed by atoms with Crippen LogP contribution in [0, 0.1) is 13.8 Å². The van der Waals surface area contributed by atoms with Crippen LogP contribution in [0.1, 0.15) is 17.1 Å². The number of anilines is 1. The number of amides is 1. The van der Waals surface area contributed by atoms with Gasteiger partial charge in [-0.25, -0.2) is 8.42 Å². The summed E-state index contributed by atoms with van der Waals surface area (Å²) in [6.45, 7) is 3.26. The number of hydrogen-bond acceptors (Lipinski definition) is 5. The van der Waals surface area contributed by atoms with E-state index < -0.39 is 10.0 Å². The summed E-state index contributed by atoms with van der Waals surface area (Å²) in [4.78, 5) is 12.5. The van der Waals surface area contributed by atoms with E-state index >= 15 is 0 Å². The minimum Gasteiger partial charge on any atom is -0.468 e. The first kappa shape index (κ1) is 21.3. The normalized spacial score (nSPS) is 11.8. The Morgan fingerprint density at radius 2 is 1.93 bits per heavy atom. The van der Waals surface area contributed by atoms with Crippen LogP contribution in [0.4, 0.5) is 5.69 Å². The van der Waals surface area contributed by atoms with Gasteiger partial charge in [0.2, 0.25) is 15.9 Å². The number of nitrogens with one attached hydrogen (secondary N) is 1. The molecule has 0 unspecified atom stereocenters. The van der Waals surface area contributed by atoms with Crippen molar-refractivity contribution in [3.8, 4) is 0 Å². The molecule has 3 aromatic rings. The average molecular weight is 481 g/mol. The fraction of sp³-hybridized carbons (Fsp3) is 0.263. The molecule has 1 amide bonds. The summed E-state index contributed by atoms with van der Waals surface area (Å²) in [6.07, 6.45) is 1.49. The SMILES string of the molecule is Cc1nn(CC(=O)Nc2ccc(Br)cc2)c(C)c1S(=O)(=O)N(C)Cc1ccco1. The summed E-state index contributed by atoms with van der Waals surface area (Å²) in [5.41, 5.74) is 1.38. The molecule has 0 aliphatic heterocycles. The van der Waals surface area contributed by atoms with Crippen molar-refractivity contribution in [3.63, 3.8) is 0 Å². The van der Waals surface area contributed by atoms with Crippen LogP contribution in [0.5, 0.6) is 0 Å². The Morgan fingerprint density at radius 1 is 1.24 bits per heavy atom. The van der Waals surface area contributed by atoms with Gasteiger partial charge in [-0.2, -0.15) is 9.40 Å². The van der Waals surface area contributed by atoms with Crippen molar-refractivity contribution in [2.75, 3.05) is 12.4 Å². The van der Waals surface area contributed by atoms with Crippen molar-refractivity contribution in [2.45, 2.75) is 31.8 Å². The molecule has 0 bridgehead atoms. The van der Waals surface area contributed by atoms with Crippen molar-refractivity contribution in [1.29, 1.82) is 0 Å². The second-order valence-electron chi connectivity index (χ2n) is 6.55. The highest BCUT2D eigenvalue weighted by Gasteiger charge is 2.29. The van der Waals surface area contributed by atoms with Crippen molar-refractivity contribution in [1.82, 2.24) is 14.1 Å². The molecule has 3 rings (SSSR count). The summed E-state index contributed by atoms with van der Waals surface area (Å²) in [6, 6.07) is 10.6. The zero-order valence-electron chi connectivity index (χ0n) is 16.2. The molecule has 10 heteroatoms. The van der Waals surface area contributed by atoms with Gasteiger partial charge in [-0.1, -0.05) is 15.9 Å². The Balaban J connectivity index is 1.78. The molecule has 0 spiro atoms. The molecule has 8 nitrogen and oxygen atoms in total. The van der Waals surface area contributed by atoms with E-state index in [4.69, 9.17) is 4.42 Å². The molecule has 29 heavy (non-hydrogen) atoms. The van der Waals surface area contributed by atoms with E-state index in [-0.39, 0.29) is 23.9 Å². The molecular formula is C19H21BrN4O4S. The number of benzene rings is 1. The van der Waals surface area contributed by atoms with Crippen LogP contribution >= 0.6 is 15.9 Å². The van der Waals surface area contributed by atoms with Crippen molar-refractivity contribution in [2.24, 2.45) is 0 Å². The summed E-state index contributed by atoms with van der Waals surface area (Å²) in [5.74, 6) is 0.235. The highest BCUT2D eigenvalue weighted by Crippen LogP contribution is 2.24. The lowest BCUT2D eigenvalue weighted by Crippen LogP contribution is -2.27. The highest BCUT2D eigenvalue weighted by atomic mass is 79.9. The van der Waals surface area contributed by atoms with Gasteiger partial charge >= 0.3 is 0 Å². The number of carbonyl (C=O) groups is 1. The molecule has 2 heterocycles. The summed E-state index contributed by atoms with van der Waals surface area (Å²) in [5, 5.41) is 7.04. The molecule has 154 valence electrons. The van der Waals surface area contributed by atoms with Crippen LogP contribution in [0.3, 0.4) is 0 Å². The van der Waals surface area contributed by atoms with Crippen LogP contribution in [0.15, 0.2) is 56.4 Å². The van der Waals surface area contributed by atoms with E-state index in [2.05, 4.69) is 26.3 Å². The maximum Gasteiger partial charge on any atom is 0.246 e. The number of aromatic nitrogens is 2. The molecular weight excluding hydrogens is 460 g/mol. The lowest BCUT2D eigenvalue weighted by atomic mass is 10.3. The molecule has 0 saturated heterocycles. The number of hydrogen-bond donors (Lipinski definition) is 1. The smallest absolute Gasteiger partial charge is 0.246 e. The Kier molecular flexibility index (Phi) is 6.25. The standard InChI is InChI=1S/C19H21BrN4O4S/c1-13-19(29(26,27)23(3)11-17-5-4-10-28-17)14(2)24(22-13)12-18(25)21-16-8-6-15(20)7-9-16/h4-10H,11-12H2,1-3H3,(H,21,25). The van der Waals surface area contributed by atoms with E-state index in [1.807, 2.05) is 12.1 Å². The monoisotopic (exact) mass is 480 g/mol. The van der Waals surface area contributed by atoms with E-state index in [0.29, 0.717) is 22.8 Å². The van der Waals surface area contributed by atoms with E-state index in [1.165, 1.54) is 22.3 Å². The Labute approximate surface area is 177 Å². The van der Waals surface area contributed by atoms with Crippen LogP contribution < -0.4 is 5.32 Å². The van der Waals surface area contributed by atoms with Crippen LogP contribution in [0.25, 0.3) is 0 Å². The number of halogens is 1. The molecule has 0 atom stereocenters. The van der Waals surface area contributed by atoms with Gasteiger partial charge in [0.15, 0.2) is 0 Å². The van der Waals surface area contributed by atoms with E-state index in [0.717, 1.165) is 4.47 Å². The Bertz CT molecular complexity index is 1110. The maximum atomic E-state index is 13.0. The van der Waals surface area contributed by atoms with Gasteiger partial charge in [0.1, 0.15) is 17.2 Å². The third-order valence-electron chi connectivity index (χ3n) is 4.36. The Morgan fingerprint density at radius 3 is 2.55 bits per heavy atom.